The van der Waals surface area contributed by atoms with Crippen LogP contribution in [0.3, 0.4) is 0 Å². The zero-order valence-electron chi connectivity index (χ0n) is 14.7. The number of aryl methyl sites for hydroxylation is 1. The molecule has 0 aliphatic carbocycles. The van der Waals surface area contributed by atoms with Gasteiger partial charge in [-0.2, -0.15) is 0 Å². The first-order valence-corrected chi connectivity index (χ1v) is 8.24. The fourth-order valence-electron chi connectivity index (χ4n) is 2.47. The molecule has 1 aromatic heterocycles. The Labute approximate surface area is 147 Å². The van der Waals surface area contributed by atoms with Gasteiger partial charge >= 0.3 is 0 Å². The molecule has 5 heteroatoms. The molecule has 0 fully saturated rings. The fraction of sp³-hybridized carbons (Fsp3) is 0.250. The predicted octanol–water partition coefficient (Wildman–Crippen LogP) is 4.94. The molecule has 0 saturated carbocycles. The van der Waals surface area contributed by atoms with E-state index in [0.717, 1.165) is 28.1 Å². The van der Waals surface area contributed by atoms with Gasteiger partial charge in [0.1, 0.15) is 5.75 Å². The normalized spacial score (nSPS) is 10.7. The summed E-state index contributed by atoms with van der Waals surface area (Å²) in [7, 11) is 1.64. The Hall–Kier alpha value is -2.79. The largest absolute Gasteiger partial charge is 0.497 e. The summed E-state index contributed by atoms with van der Waals surface area (Å²) in [4.78, 5) is 4.33. The van der Waals surface area contributed by atoms with E-state index in [4.69, 9.17) is 13.9 Å². The summed E-state index contributed by atoms with van der Waals surface area (Å²) in [6, 6.07) is 14.3. The van der Waals surface area contributed by atoms with Crippen LogP contribution in [0, 0.1) is 6.92 Å². The molecule has 25 heavy (non-hydrogen) atoms. The quantitative estimate of drug-likeness (QED) is 0.661. The minimum absolute atomic E-state index is 0.453. The minimum atomic E-state index is 0.453. The molecule has 0 radical (unpaired) electrons. The van der Waals surface area contributed by atoms with Crippen molar-refractivity contribution in [2.75, 3.05) is 19.0 Å². The van der Waals surface area contributed by atoms with E-state index in [9.17, 15) is 0 Å². The Morgan fingerprint density at radius 2 is 2.04 bits per heavy atom. The van der Waals surface area contributed by atoms with Crippen molar-refractivity contribution in [1.82, 2.24) is 4.98 Å². The molecule has 0 amide bonds. The maximum atomic E-state index is 5.84. The van der Waals surface area contributed by atoms with Crippen molar-refractivity contribution in [2.24, 2.45) is 0 Å². The van der Waals surface area contributed by atoms with Gasteiger partial charge < -0.3 is 19.2 Å². The number of ether oxygens (including phenoxy) is 2. The summed E-state index contributed by atoms with van der Waals surface area (Å²) in [5, 5.41) is 3.24. The molecule has 0 saturated heterocycles. The summed E-state index contributed by atoms with van der Waals surface area (Å²) >= 11 is 0. The fourth-order valence-corrected chi connectivity index (χ4v) is 2.47. The Kier molecular flexibility index (Phi) is 5.36. The summed E-state index contributed by atoms with van der Waals surface area (Å²) < 4.78 is 16.6. The third-order valence-corrected chi connectivity index (χ3v) is 3.88. The molecule has 5 nitrogen and oxygen atoms in total. The second kappa shape index (κ2) is 7.85. The third kappa shape index (κ3) is 4.19. The van der Waals surface area contributed by atoms with E-state index in [2.05, 4.69) is 28.5 Å². The number of aromatic nitrogens is 1. The smallest absolute Gasteiger partial charge is 0.299 e. The molecule has 0 aliphatic rings. The van der Waals surface area contributed by atoms with Crippen LogP contribution in [0.4, 0.5) is 11.7 Å². The summed E-state index contributed by atoms with van der Waals surface area (Å²) in [6.45, 7) is 5.31. The Bertz CT molecular complexity index is 842. The minimum Gasteiger partial charge on any atom is -0.497 e. The molecule has 0 unspecified atom stereocenters. The van der Waals surface area contributed by atoms with E-state index >= 15 is 0 Å². The summed E-state index contributed by atoms with van der Waals surface area (Å²) in [6.07, 6.45) is 1.70. The van der Waals surface area contributed by atoms with Crippen molar-refractivity contribution in [1.29, 1.82) is 0 Å². The first-order valence-electron chi connectivity index (χ1n) is 8.24. The van der Waals surface area contributed by atoms with Gasteiger partial charge in [0, 0.05) is 17.9 Å². The van der Waals surface area contributed by atoms with E-state index in [-0.39, 0.29) is 0 Å². The lowest BCUT2D eigenvalue weighted by atomic mass is 10.1. The average molecular weight is 338 g/mol. The molecule has 0 atom stereocenters. The summed E-state index contributed by atoms with van der Waals surface area (Å²) in [5.74, 6) is 1.47. The number of methoxy groups -OCH3 is 1. The van der Waals surface area contributed by atoms with E-state index < -0.39 is 0 Å². The van der Waals surface area contributed by atoms with Crippen LogP contribution in [-0.2, 0) is 11.3 Å². The lowest BCUT2D eigenvalue weighted by Gasteiger charge is -2.09. The molecule has 1 heterocycles. The monoisotopic (exact) mass is 338 g/mol. The molecule has 130 valence electrons. The molecule has 3 rings (SSSR count). The number of oxazole rings is 1. The van der Waals surface area contributed by atoms with Crippen molar-refractivity contribution in [2.45, 2.75) is 20.5 Å². The van der Waals surface area contributed by atoms with Gasteiger partial charge in [0.05, 0.1) is 19.9 Å². The van der Waals surface area contributed by atoms with Crippen molar-refractivity contribution >= 4 is 11.7 Å². The van der Waals surface area contributed by atoms with Crippen LogP contribution < -0.4 is 10.1 Å². The van der Waals surface area contributed by atoms with Gasteiger partial charge in [-0.25, -0.2) is 4.98 Å². The van der Waals surface area contributed by atoms with E-state index in [0.29, 0.717) is 25.0 Å². The van der Waals surface area contributed by atoms with Gasteiger partial charge in [-0.05, 0) is 43.2 Å². The molecule has 0 aliphatic heterocycles. The standard InChI is InChI=1S/C20H22N2O3/c1-4-24-13-15-9-8-14(2)18(10-15)22-20-21-12-19(25-20)16-6-5-7-17(11-16)23-3/h5-12H,4,13H2,1-3H3,(H,21,22). The number of nitrogens with zero attached hydrogens (tertiary/aromatic N) is 1. The Morgan fingerprint density at radius 1 is 1.16 bits per heavy atom. The first kappa shape index (κ1) is 17.0. The predicted molar refractivity (Wildman–Crippen MR) is 98.3 cm³/mol. The average Bonchev–Trinajstić information content (AvgIpc) is 3.11. The Balaban J connectivity index is 1.79. The van der Waals surface area contributed by atoms with Crippen LogP contribution in [-0.4, -0.2) is 18.7 Å². The topological polar surface area (TPSA) is 56.5 Å². The highest BCUT2D eigenvalue weighted by atomic mass is 16.5. The number of benzene rings is 2. The maximum Gasteiger partial charge on any atom is 0.299 e. The SMILES string of the molecule is CCOCc1ccc(C)c(Nc2ncc(-c3cccc(OC)c3)o2)c1. The number of hydrogen-bond acceptors (Lipinski definition) is 5. The second-order valence-corrected chi connectivity index (χ2v) is 5.67. The lowest BCUT2D eigenvalue weighted by Crippen LogP contribution is -1.97. The number of hydrogen-bond donors (Lipinski definition) is 1. The number of rotatable bonds is 7. The van der Waals surface area contributed by atoms with Gasteiger partial charge in [0.25, 0.3) is 6.01 Å². The van der Waals surface area contributed by atoms with Gasteiger partial charge in [0.2, 0.25) is 0 Å². The number of anilines is 2. The van der Waals surface area contributed by atoms with Crippen molar-refractivity contribution in [3.05, 3.63) is 59.8 Å². The first-order chi connectivity index (χ1) is 12.2. The van der Waals surface area contributed by atoms with Gasteiger partial charge in [-0.1, -0.05) is 24.3 Å². The van der Waals surface area contributed by atoms with E-state index in [1.165, 1.54) is 0 Å². The molecular weight excluding hydrogens is 316 g/mol. The van der Waals surface area contributed by atoms with E-state index in [1.807, 2.05) is 38.1 Å². The van der Waals surface area contributed by atoms with Crippen LogP contribution in [0.2, 0.25) is 0 Å². The van der Waals surface area contributed by atoms with Crippen molar-refractivity contribution < 1.29 is 13.9 Å². The Morgan fingerprint density at radius 3 is 2.84 bits per heavy atom. The third-order valence-electron chi connectivity index (χ3n) is 3.88. The highest BCUT2D eigenvalue weighted by Gasteiger charge is 2.09. The van der Waals surface area contributed by atoms with Gasteiger partial charge in [0.15, 0.2) is 5.76 Å². The van der Waals surface area contributed by atoms with Crippen LogP contribution in [0.15, 0.2) is 53.1 Å². The van der Waals surface area contributed by atoms with Gasteiger partial charge in [-0.15, -0.1) is 0 Å². The molecule has 2 aromatic carbocycles. The van der Waals surface area contributed by atoms with Crippen LogP contribution in [0.1, 0.15) is 18.1 Å². The summed E-state index contributed by atoms with van der Waals surface area (Å²) in [5.41, 5.74) is 4.09. The van der Waals surface area contributed by atoms with Crippen LogP contribution >= 0.6 is 0 Å². The highest BCUT2D eigenvalue weighted by molar-refractivity contribution is 5.63. The zero-order valence-corrected chi connectivity index (χ0v) is 14.7. The molecule has 3 aromatic rings. The van der Waals surface area contributed by atoms with Crippen molar-refractivity contribution in [3.8, 4) is 17.1 Å². The van der Waals surface area contributed by atoms with Crippen LogP contribution in [0.25, 0.3) is 11.3 Å². The lowest BCUT2D eigenvalue weighted by molar-refractivity contribution is 0.134. The van der Waals surface area contributed by atoms with Gasteiger partial charge in [-0.3, -0.25) is 0 Å². The van der Waals surface area contributed by atoms with Crippen LogP contribution in [0.5, 0.6) is 5.75 Å². The molecular formula is C20H22N2O3. The second-order valence-electron chi connectivity index (χ2n) is 5.67. The molecule has 0 spiro atoms. The van der Waals surface area contributed by atoms with E-state index in [1.54, 1.807) is 13.3 Å². The highest BCUT2D eigenvalue weighted by Crippen LogP contribution is 2.28. The maximum absolute atomic E-state index is 5.84. The molecule has 1 N–H and O–H groups in total. The number of nitrogens with one attached hydrogen (secondary N) is 1. The zero-order chi connectivity index (χ0) is 17.6. The molecule has 0 bridgehead atoms. The van der Waals surface area contributed by atoms with Crippen molar-refractivity contribution in [3.63, 3.8) is 0 Å².